The van der Waals surface area contributed by atoms with Gasteiger partial charge in [0.05, 0.1) is 12.0 Å². The number of hydrogen-bond acceptors (Lipinski definition) is 3. The van der Waals surface area contributed by atoms with Crippen LogP contribution in [0.15, 0.2) is 23.3 Å². The van der Waals surface area contributed by atoms with Gasteiger partial charge in [0.25, 0.3) is 0 Å². The van der Waals surface area contributed by atoms with Crippen molar-refractivity contribution in [3.8, 4) is 0 Å². The number of nitrogens with one attached hydrogen (secondary N) is 3. The molecule has 0 bridgehead atoms. The Morgan fingerprint density at radius 1 is 1.35 bits per heavy atom. The predicted molar refractivity (Wildman–Crippen MR) is 94.8 cm³/mol. The molecule has 0 atom stereocenters. The number of halogens is 1. The normalized spacial score (nSPS) is 12.0. The molecular formula is C16H26ClN5O. The number of aliphatic imine (C=N–C) groups is 1. The number of amides is 1. The van der Waals surface area contributed by atoms with Gasteiger partial charge >= 0.3 is 0 Å². The van der Waals surface area contributed by atoms with E-state index in [-0.39, 0.29) is 5.91 Å². The topological polar surface area (TPSA) is 78.4 Å². The van der Waals surface area contributed by atoms with Gasteiger partial charge in [-0.2, -0.15) is 0 Å². The van der Waals surface area contributed by atoms with Crippen molar-refractivity contribution in [3.05, 3.63) is 29.0 Å². The van der Waals surface area contributed by atoms with E-state index in [4.69, 9.17) is 11.6 Å². The molecule has 0 spiro atoms. The first kappa shape index (κ1) is 19.2. The zero-order valence-electron chi connectivity index (χ0n) is 14.2. The average molecular weight is 340 g/mol. The molecule has 1 rings (SSSR count). The summed E-state index contributed by atoms with van der Waals surface area (Å²) in [7, 11) is 1.64. The van der Waals surface area contributed by atoms with Gasteiger partial charge in [0.2, 0.25) is 5.91 Å². The second-order valence-electron chi connectivity index (χ2n) is 5.82. The molecule has 1 aromatic heterocycles. The van der Waals surface area contributed by atoms with Gasteiger partial charge < -0.3 is 16.0 Å². The van der Waals surface area contributed by atoms with Crippen LogP contribution < -0.4 is 16.0 Å². The summed E-state index contributed by atoms with van der Waals surface area (Å²) >= 11 is 5.77. The summed E-state index contributed by atoms with van der Waals surface area (Å²) < 4.78 is 0. The first-order valence-corrected chi connectivity index (χ1v) is 8.11. The van der Waals surface area contributed by atoms with Gasteiger partial charge in [-0.3, -0.25) is 9.79 Å². The maximum Gasteiger partial charge on any atom is 0.227 e. The molecule has 1 amide bonds. The van der Waals surface area contributed by atoms with Gasteiger partial charge in [0.15, 0.2) is 5.96 Å². The number of aromatic nitrogens is 1. The van der Waals surface area contributed by atoms with Crippen LogP contribution in [-0.2, 0) is 11.2 Å². The van der Waals surface area contributed by atoms with Crippen molar-refractivity contribution in [1.29, 1.82) is 0 Å². The first-order chi connectivity index (χ1) is 10.9. The molecule has 0 radical (unpaired) electrons. The molecule has 0 aliphatic rings. The van der Waals surface area contributed by atoms with Gasteiger partial charge in [0.1, 0.15) is 5.15 Å². The SMILES string of the molecule is CCNC(=NCC(C)(C)C(=O)NC)NCCc1ccc(Cl)nc1. The van der Waals surface area contributed by atoms with Gasteiger partial charge in [-0.15, -0.1) is 0 Å². The molecule has 0 saturated heterocycles. The van der Waals surface area contributed by atoms with Crippen LogP contribution in [0.5, 0.6) is 0 Å². The van der Waals surface area contributed by atoms with Crippen LogP contribution in [0.1, 0.15) is 26.3 Å². The lowest BCUT2D eigenvalue weighted by molar-refractivity contribution is -0.128. The van der Waals surface area contributed by atoms with E-state index in [1.807, 2.05) is 26.8 Å². The van der Waals surface area contributed by atoms with E-state index in [0.29, 0.717) is 17.7 Å². The Kier molecular flexibility index (Phi) is 7.81. The third-order valence-electron chi connectivity index (χ3n) is 3.31. The molecule has 0 saturated carbocycles. The third-order valence-corrected chi connectivity index (χ3v) is 3.54. The van der Waals surface area contributed by atoms with Crippen LogP contribution in [-0.4, -0.2) is 43.5 Å². The minimum absolute atomic E-state index is 0.0238. The highest BCUT2D eigenvalue weighted by molar-refractivity contribution is 6.29. The van der Waals surface area contributed by atoms with Crippen molar-refractivity contribution in [2.75, 3.05) is 26.7 Å². The summed E-state index contributed by atoms with van der Waals surface area (Å²) in [5.74, 6) is 0.677. The lowest BCUT2D eigenvalue weighted by Gasteiger charge is -2.21. The van der Waals surface area contributed by atoms with E-state index in [9.17, 15) is 4.79 Å². The van der Waals surface area contributed by atoms with Gasteiger partial charge in [-0.1, -0.05) is 17.7 Å². The molecule has 0 fully saturated rings. The molecule has 7 heteroatoms. The standard InChI is InChI=1S/C16H26ClN5O/c1-5-19-15(22-11-16(2,3)14(23)18-4)20-9-8-12-6-7-13(17)21-10-12/h6-7,10H,5,8-9,11H2,1-4H3,(H,18,23)(H2,19,20,22). The van der Waals surface area contributed by atoms with E-state index in [1.54, 1.807) is 19.3 Å². The molecule has 1 heterocycles. The zero-order valence-corrected chi connectivity index (χ0v) is 15.0. The molecular weight excluding hydrogens is 314 g/mol. The number of carbonyl (C=O) groups excluding carboxylic acids is 1. The van der Waals surface area contributed by atoms with Crippen LogP contribution in [0.3, 0.4) is 0 Å². The Morgan fingerprint density at radius 2 is 2.09 bits per heavy atom. The molecule has 0 unspecified atom stereocenters. The van der Waals surface area contributed by atoms with Crippen LogP contribution in [0.4, 0.5) is 0 Å². The molecule has 0 aromatic carbocycles. The number of hydrogen-bond donors (Lipinski definition) is 3. The van der Waals surface area contributed by atoms with Crippen molar-refractivity contribution in [2.45, 2.75) is 27.2 Å². The third kappa shape index (κ3) is 6.86. The average Bonchev–Trinajstić information content (AvgIpc) is 2.53. The van der Waals surface area contributed by atoms with Crippen molar-refractivity contribution in [3.63, 3.8) is 0 Å². The molecule has 0 aliphatic heterocycles. The van der Waals surface area contributed by atoms with Crippen LogP contribution in [0, 0.1) is 5.41 Å². The molecule has 23 heavy (non-hydrogen) atoms. The lowest BCUT2D eigenvalue weighted by Crippen LogP contribution is -2.41. The minimum Gasteiger partial charge on any atom is -0.359 e. The summed E-state index contributed by atoms with van der Waals surface area (Å²) in [6.45, 7) is 7.63. The lowest BCUT2D eigenvalue weighted by atomic mass is 9.93. The van der Waals surface area contributed by atoms with Crippen LogP contribution in [0.2, 0.25) is 5.15 Å². The molecule has 3 N–H and O–H groups in total. The maximum atomic E-state index is 11.8. The number of rotatable bonds is 7. The number of guanidine groups is 1. The summed E-state index contributed by atoms with van der Waals surface area (Å²) in [5.41, 5.74) is 0.556. The van der Waals surface area contributed by atoms with Crippen molar-refractivity contribution in [2.24, 2.45) is 10.4 Å². The Balaban J connectivity index is 2.55. The van der Waals surface area contributed by atoms with Crippen LogP contribution >= 0.6 is 11.6 Å². The van der Waals surface area contributed by atoms with E-state index in [2.05, 4.69) is 25.9 Å². The van der Waals surface area contributed by atoms with Crippen molar-refractivity contribution < 1.29 is 4.79 Å². The molecule has 0 aliphatic carbocycles. The van der Waals surface area contributed by atoms with Gasteiger partial charge in [-0.25, -0.2) is 4.98 Å². The fraction of sp³-hybridized carbons (Fsp3) is 0.562. The van der Waals surface area contributed by atoms with Gasteiger partial charge in [-0.05, 0) is 38.8 Å². The highest BCUT2D eigenvalue weighted by atomic mass is 35.5. The predicted octanol–water partition coefficient (Wildman–Crippen LogP) is 1.60. The summed E-state index contributed by atoms with van der Waals surface area (Å²) in [6, 6.07) is 3.73. The summed E-state index contributed by atoms with van der Waals surface area (Å²) in [5, 5.41) is 9.59. The van der Waals surface area contributed by atoms with Gasteiger partial charge in [0, 0.05) is 26.3 Å². The number of pyridine rings is 1. The van der Waals surface area contributed by atoms with Crippen molar-refractivity contribution >= 4 is 23.5 Å². The van der Waals surface area contributed by atoms with E-state index in [1.165, 1.54) is 0 Å². The highest BCUT2D eigenvalue weighted by Crippen LogP contribution is 2.15. The molecule has 6 nitrogen and oxygen atoms in total. The smallest absolute Gasteiger partial charge is 0.227 e. The fourth-order valence-corrected chi connectivity index (χ4v) is 2.02. The molecule has 128 valence electrons. The maximum absolute atomic E-state index is 11.8. The Hall–Kier alpha value is -1.82. The fourth-order valence-electron chi connectivity index (χ4n) is 1.91. The van der Waals surface area contributed by atoms with E-state index in [0.717, 1.165) is 25.1 Å². The van der Waals surface area contributed by atoms with E-state index < -0.39 is 5.41 Å². The monoisotopic (exact) mass is 339 g/mol. The highest BCUT2D eigenvalue weighted by Gasteiger charge is 2.26. The van der Waals surface area contributed by atoms with Crippen LogP contribution in [0.25, 0.3) is 0 Å². The zero-order chi connectivity index (χ0) is 17.3. The second-order valence-corrected chi connectivity index (χ2v) is 6.21. The Labute approximate surface area is 143 Å². The first-order valence-electron chi connectivity index (χ1n) is 7.74. The number of nitrogens with zero attached hydrogens (tertiary/aromatic N) is 2. The van der Waals surface area contributed by atoms with E-state index >= 15 is 0 Å². The Bertz CT molecular complexity index is 528. The van der Waals surface area contributed by atoms with Crippen molar-refractivity contribution in [1.82, 2.24) is 20.9 Å². The second kappa shape index (κ2) is 9.35. The number of carbonyl (C=O) groups is 1. The minimum atomic E-state index is -0.544. The Morgan fingerprint density at radius 3 is 2.65 bits per heavy atom. The quantitative estimate of drug-likeness (QED) is 0.400. The molecule has 1 aromatic rings. The summed E-state index contributed by atoms with van der Waals surface area (Å²) in [4.78, 5) is 20.3. The summed E-state index contributed by atoms with van der Waals surface area (Å²) in [6.07, 6.45) is 2.58. The largest absolute Gasteiger partial charge is 0.359 e.